The van der Waals surface area contributed by atoms with Gasteiger partial charge < -0.3 is 10.6 Å². The van der Waals surface area contributed by atoms with Crippen LogP contribution in [0.4, 0.5) is 0 Å². The van der Waals surface area contributed by atoms with E-state index in [0.717, 1.165) is 10.0 Å². The molecule has 0 bridgehead atoms. The van der Waals surface area contributed by atoms with E-state index in [2.05, 4.69) is 26.6 Å². The van der Waals surface area contributed by atoms with E-state index in [1.165, 1.54) is 0 Å². The molecule has 5 heteroatoms. The smallest absolute Gasteiger partial charge is 0.221 e. The molecule has 3 nitrogen and oxygen atoms in total. The second-order valence-corrected chi connectivity index (χ2v) is 4.61. The van der Waals surface area contributed by atoms with Gasteiger partial charge in [-0.2, -0.15) is 0 Å². The molecule has 0 aliphatic rings. The molecule has 0 heterocycles. The summed E-state index contributed by atoms with van der Waals surface area (Å²) in [5.41, 5.74) is 1.11. The van der Waals surface area contributed by atoms with E-state index >= 15 is 0 Å². The van der Waals surface area contributed by atoms with Crippen LogP contribution in [0, 0.1) is 0 Å². The van der Waals surface area contributed by atoms with E-state index in [1.807, 2.05) is 38.2 Å². The molecular weight excluding hydrogens is 304 g/mol. The Kier molecular flexibility index (Phi) is 8.21. The van der Waals surface area contributed by atoms with E-state index in [4.69, 9.17) is 0 Å². The largest absolute Gasteiger partial charge is 0.350 e. The van der Waals surface area contributed by atoms with Crippen molar-refractivity contribution in [3.63, 3.8) is 0 Å². The van der Waals surface area contributed by atoms with Crippen molar-refractivity contribution in [2.75, 3.05) is 13.6 Å². The van der Waals surface area contributed by atoms with Gasteiger partial charge in [-0.3, -0.25) is 4.79 Å². The Balaban J connectivity index is 0.00000256. The van der Waals surface area contributed by atoms with E-state index in [-0.39, 0.29) is 24.4 Å². The highest BCUT2D eigenvalue weighted by Gasteiger charge is 2.08. The molecule has 0 spiro atoms. The molecule has 0 saturated carbocycles. The Morgan fingerprint density at radius 2 is 1.94 bits per heavy atom. The lowest BCUT2D eigenvalue weighted by Crippen LogP contribution is -2.28. The number of hydrogen-bond acceptors (Lipinski definition) is 2. The van der Waals surface area contributed by atoms with Crippen molar-refractivity contribution in [1.82, 2.24) is 10.6 Å². The summed E-state index contributed by atoms with van der Waals surface area (Å²) in [5, 5.41) is 5.91. The number of carbonyl (C=O) groups excluding carboxylic acids is 1. The third-order valence-electron chi connectivity index (χ3n) is 2.35. The molecule has 0 saturated heterocycles. The zero-order chi connectivity index (χ0) is 12.0. The zero-order valence-electron chi connectivity index (χ0n) is 10.00. The zero-order valence-corrected chi connectivity index (χ0v) is 12.4. The Morgan fingerprint density at radius 1 is 1.35 bits per heavy atom. The molecule has 1 amide bonds. The molecule has 1 atom stereocenters. The first kappa shape index (κ1) is 16.4. The van der Waals surface area contributed by atoms with Crippen LogP contribution in [0.2, 0.25) is 0 Å². The maximum Gasteiger partial charge on any atom is 0.221 e. The SMILES string of the molecule is CNCCC(=O)NC(C)c1ccc(Br)cc1.Cl. The van der Waals surface area contributed by atoms with Crippen molar-refractivity contribution in [2.45, 2.75) is 19.4 Å². The Hall–Kier alpha value is -0.580. The number of benzene rings is 1. The molecule has 1 unspecified atom stereocenters. The van der Waals surface area contributed by atoms with E-state index in [9.17, 15) is 4.79 Å². The van der Waals surface area contributed by atoms with Crippen LogP contribution in [-0.2, 0) is 4.79 Å². The summed E-state index contributed by atoms with van der Waals surface area (Å²) >= 11 is 3.38. The van der Waals surface area contributed by atoms with Crippen molar-refractivity contribution in [3.05, 3.63) is 34.3 Å². The Morgan fingerprint density at radius 3 is 2.47 bits per heavy atom. The van der Waals surface area contributed by atoms with Gasteiger partial charge in [-0.15, -0.1) is 12.4 Å². The maximum atomic E-state index is 11.5. The van der Waals surface area contributed by atoms with Gasteiger partial charge in [0.15, 0.2) is 0 Å². The predicted octanol–water partition coefficient (Wildman–Crippen LogP) is 2.66. The molecule has 0 radical (unpaired) electrons. The Labute approximate surface area is 117 Å². The molecule has 96 valence electrons. The highest BCUT2D eigenvalue weighted by atomic mass is 79.9. The van der Waals surface area contributed by atoms with Gasteiger partial charge in [0.25, 0.3) is 0 Å². The van der Waals surface area contributed by atoms with E-state index in [0.29, 0.717) is 13.0 Å². The van der Waals surface area contributed by atoms with Crippen LogP contribution in [0.3, 0.4) is 0 Å². The van der Waals surface area contributed by atoms with Gasteiger partial charge in [-0.1, -0.05) is 28.1 Å². The van der Waals surface area contributed by atoms with Crippen LogP contribution < -0.4 is 10.6 Å². The monoisotopic (exact) mass is 320 g/mol. The molecule has 1 aromatic carbocycles. The number of amides is 1. The van der Waals surface area contributed by atoms with Gasteiger partial charge >= 0.3 is 0 Å². The van der Waals surface area contributed by atoms with Crippen molar-refractivity contribution < 1.29 is 4.79 Å². The summed E-state index contributed by atoms with van der Waals surface area (Å²) in [6.45, 7) is 2.69. The third kappa shape index (κ3) is 6.05. The number of hydrogen-bond donors (Lipinski definition) is 2. The van der Waals surface area contributed by atoms with Gasteiger partial charge in [0, 0.05) is 17.4 Å². The van der Waals surface area contributed by atoms with Crippen molar-refractivity contribution in [3.8, 4) is 0 Å². The van der Waals surface area contributed by atoms with Gasteiger partial charge in [-0.25, -0.2) is 0 Å². The lowest BCUT2D eigenvalue weighted by Gasteiger charge is -2.14. The summed E-state index contributed by atoms with van der Waals surface area (Å²) in [6.07, 6.45) is 0.511. The standard InChI is InChI=1S/C12H17BrN2O.ClH/c1-9(15-12(16)7-8-14-2)10-3-5-11(13)6-4-10;/h3-6,9,14H,7-8H2,1-2H3,(H,15,16);1H. The maximum absolute atomic E-state index is 11.5. The van der Waals surface area contributed by atoms with Gasteiger partial charge in [0.05, 0.1) is 6.04 Å². The molecule has 0 aliphatic carbocycles. The Bertz CT molecular complexity index is 343. The second-order valence-electron chi connectivity index (χ2n) is 3.69. The van der Waals surface area contributed by atoms with Gasteiger partial charge in [-0.05, 0) is 31.7 Å². The summed E-state index contributed by atoms with van der Waals surface area (Å²) < 4.78 is 1.05. The molecule has 1 aromatic rings. The lowest BCUT2D eigenvalue weighted by atomic mass is 10.1. The topological polar surface area (TPSA) is 41.1 Å². The molecule has 0 fully saturated rings. The summed E-state index contributed by atoms with van der Waals surface area (Å²) in [5.74, 6) is 0.0739. The fraction of sp³-hybridized carbons (Fsp3) is 0.417. The highest BCUT2D eigenvalue weighted by molar-refractivity contribution is 9.10. The fourth-order valence-corrected chi connectivity index (χ4v) is 1.65. The van der Waals surface area contributed by atoms with Gasteiger partial charge in [0.1, 0.15) is 0 Å². The fourth-order valence-electron chi connectivity index (χ4n) is 1.39. The van der Waals surface area contributed by atoms with Crippen LogP contribution in [0.25, 0.3) is 0 Å². The third-order valence-corrected chi connectivity index (χ3v) is 2.88. The minimum atomic E-state index is 0. The van der Waals surface area contributed by atoms with Crippen LogP contribution in [0.15, 0.2) is 28.7 Å². The van der Waals surface area contributed by atoms with Crippen LogP contribution in [0.1, 0.15) is 24.9 Å². The van der Waals surface area contributed by atoms with Crippen molar-refractivity contribution >= 4 is 34.2 Å². The molecule has 17 heavy (non-hydrogen) atoms. The van der Waals surface area contributed by atoms with Crippen molar-refractivity contribution in [1.29, 1.82) is 0 Å². The average molecular weight is 322 g/mol. The number of rotatable bonds is 5. The number of carbonyl (C=O) groups is 1. The second kappa shape index (κ2) is 8.50. The first-order valence-corrected chi connectivity index (χ1v) is 6.12. The normalized spacial score (nSPS) is 11.5. The van der Waals surface area contributed by atoms with Gasteiger partial charge in [0.2, 0.25) is 5.91 Å². The molecule has 2 N–H and O–H groups in total. The van der Waals surface area contributed by atoms with Crippen LogP contribution in [0.5, 0.6) is 0 Å². The van der Waals surface area contributed by atoms with Crippen LogP contribution in [-0.4, -0.2) is 19.5 Å². The first-order chi connectivity index (χ1) is 7.63. The quantitative estimate of drug-likeness (QED) is 0.875. The molecule has 1 rings (SSSR count). The number of nitrogens with one attached hydrogen (secondary N) is 2. The lowest BCUT2D eigenvalue weighted by molar-refractivity contribution is -0.121. The summed E-state index contributed by atoms with van der Waals surface area (Å²) in [6, 6.07) is 8.02. The summed E-state index contributed by atoms with van der Waals surface area (Å²) in [4.78, 5) is 11.5. The molecular formula is C12H18BrClN2O. The summed E-state index contributed by atoms with van der Waals surface area (Å²) in [7, 11) is 1.84. The minimum Gasteiger partial charge on any atom is -0.350 e. The molecule has 0 aliphatic heterocycles. The first-order valence-electron chi connectivity index (χ1n) is 5.33. The predicted molar refractivity (Wildman–Crippen MR) is 76.5 cm³/mol. The number of halogens is 2. The highest BCUT2D eigenvalue weighted by Crippen LogP contribution is 2.16. The minimum absolute atomic E-state index is 0. The molecule has 0 aromatic heterocycles. The van der Waals surface area contributed by atoms with Crippen molar-refractivity contribution in [2.24, 2.45) is 0 Å². The average Bonchev–Trinajstić information content (AvgIpc) is 2.27. The van der Waals surface area contributed by atoms with E-state index in [1.54, 1.807) is 0 Å². The van der Waals surface area contributed by atoms with E-state index < -0.39 is 0 Å². The van der Waals surface area contributed by atoms with Crippen LogP contribution >= 0.6 is 28.3 Å².